The van der Waals surface area contributed by atoms with Crippen molar-refractivity contribution in [1.82, 2.24) is 15.1 Å². The van der Waals surface area contributed by atoms with Crippen LogP contribution in [-0.4, -0.2) is 67.5 Å². The lowest BCUT2D eigenvalue weighted by molar-refractivity contribution is -0.139. The first-order valence-corrected chi connectivity index (χ1v) is 10.2. The van der Waals surface area contributed by atoms with Crippen molar-refractivity contribution in [1.29, 1.82) is 0 Å². The summed E-state index contributed by atoms with van der Waals surface area (Å²) in [5.74, 6) is 1.54. The second-order valence-electron chi connectivity index (χ2n) is 7.71. The van der Waals surface area contributed by atoms with Crippen molar-refractivity contribution >= 4 is 17.9 Å². The number of para-hydroxylation sites is 1. The smallest absolute Gasteiger partial charge is 0.237 e. The topological polar surface area (TPSA) is 61.9 Å². The lowest BCUT2D eigenvalue weighted by Crippen LogP contribution is -2.56. The number of benzene rings is 1. The van der Waals surface area contributed by atoms with Gasteiger partial charge in [0.15, 0.2) is 0 Å². The molecule has 28 heavy (non-hydrogen) atoms. The Morgan fingerprint density at radius 1 is 1.25 bits per heavy atom. The minimum atomic E-state index is -0.400. The van der Waals surface area contributed by atoms with Crippen molar-refractivity contribution in [2.75, 3.05) is 39.8 Å². The van der Waals surface area contributed by atoms with Crippen molar-refractivity contribution in [3.8, 4) is 5.75 Å². The molecule has 0 bridgehead atoms. The maximum absolute atomic E-state index is 12.7. The molecule has 2 amide bonds. The van der Waals surface area contributed by atoms with E-state index in [4.69, 9.17) is 4.74 Å². The van der Waals surface area contributed by atoms with E-state index in [0.29, 0.717) is 19.0 Å². The highest BCUT2D eigenvalue weighted by Gasteiger charge is 2.33. The lowest BCUT2D eigenvalue weighted by atomic mass is 9.98. The molecule has 0 aliphatic carbocycles. The van der Waals surface area contributed by atoms with E-state index in [0.717, 1.165) is 43.8 Å². The van der Waals surface area contributed by atoms with Gasteiger partial charge in [-0.15, -0.1) is 0 Å². The molecule has 6 nitrogen and oxygen atoms in total. The summed E-state index contributed by atoms with van der Waals surface area (Å²) in [5.41, 5.74) is 1.00. The second-order valence-corrected chi connectivity index (χ2v) is 7.71. The molecule has 2 fully saturated rings. The SMILES string of the molecule is COc1ccccc1C=CCN1CCNC(=O)C1CC(=O)N1CCC(C)CC1. The number of carbonyl (C=O) groups is 2. The van der Waals surface area contributed by atoms with Crippen LogP contribution in [-0.2, 0) is 9.59 Å². The van der Waals surface area contributed by atoms with E-state index in [1.165, 1.54) is 0 Å². The fraction of sp³-hybridized carbons (Fsp3) is 0.545. The van der Waals surface area contributed by atoms with Crippen molar-refractivity contribution in [2.45, 2.75) is 32.2 Å². The predicted molar refractivity (Wildman–Crippen MR) is 110 cm³/mol. The van der Waals surface area contributed by atoms with Gasteiger partial charge in [-0.1, -0.05) is 37.3 Å². The van der Waals surface area contributed by atoms with E-state index in [9.17, 15) is 9.59 Å². The van der Waals surface area contributed by atoms with Gasteiger partial charge in [0.05, 0.1) is 19.6 Å². The van der Waals surface area contributed by atoms with Gasteiger partial charge >= 0.3 is 0 Å². The molecule has 2 heterocycles. The minimum Gasteiger partial charge on any atom is -0.496 e. The van der Waals surface area contributed by atoms with Gasteiger partial charge in [0.25, 0.3) is 0 Å². The number of likely N-dealkylation sites (tertiary alicyclic amines) is 1. The maximum Gasteiger partial charge on any atom is 0.237 e. The number of rotatable bonds is 6. The first-order valence-electron chi connectivity index (χ1n) is 10.2. The molecule has 2 aliphatic rings. The Bertz CT molecular complexity index is 711. The summed E-state index contributed by atoms with van der Waals surface area (Å²) in [6.07, 6.45) is 6.40. The molecule has 2 aliphatic heterocycles. The molecular formula is C22H31N3O3. The summed E-state index contributed by atoms with van der Waals surface area (Å²) >= 11 is 0. The van der Waals surface area contributed by atoms with Crippen molar-refractivity contribution in [2.24, 2.45) is 5.92 Å². The Kier molecular flexibility index (Phi) is 7.09. The molecule has 1 atom stereocenters. The largest absolute Gasteiger partial charge is 0.496 e. The van der Waals surface area contributed by atoms with Crippen molar-refractivity contribution in [3.05, 3.63) is 35.9 Å². The summed E-state index contributed by atoms with van der Waals surface area (Å²) in [6.45, 7) is 5.83. The van der Waals surface area contributed by atoms with E-state index in [-0.39, 0.29) is 18.2 Å². The van der Waals surface area contributed by atoms with Gasteiger partial charge in [-0.25, -0.2) is 0 Å². The highest BCUT2D eigenvalue weighted by atomic mass is 16.5. The number of hydrogen-bond donors (Lipinski definition) is 1. The molecule has 1 N–H and O–H groups in total. The van der Waals surface area contributed by atoms with Crippen molar-refractivity contribution < 1.29 is 14.3 Å². The average molecular weight is 386 g/mol. The lowest BCUT2D eigenvalue weighted by Gasteiger charge is -2.36. The zero-order valence-corrected chi connectivity index (χ0v) is 16.9. The number of ether oxygens (including phenoxy) is 1. The monoisotopic (exact) mass is 385 g/mol. The normalized spacial score (nSPS) is 21.7. The number of carbonyl (C=O) groups excluding carboxylic acids is 2. The standard InChI is InChI=1S/C22H31N3O3/c1-17-9-13-25(14-10-17)21(26)16-19-22(27)23-11-15-24(19)12-5-7-18-6-3-4-8-20(18)28-2/h3-8,17,19H,9-16H2,1-2H3,(H,23,27). The van der Waals surface area contributed by atoms with Crippen LogP contribution in [0.5, 0.6) is 5.75 Å². The van der Waals surface area contributed by atoms with E-state index >= 15 is 0 Å². The third-order valence-corrected chi connectivity index (χ3v) is 5.72. The zero-order chi connectivity index (χ0) is 19.9. The molecule has 0 radical (unpaired) electrons. The number of nitrogens with zero attached hydrogens (tertiary/aromatic N) is 2. The summed E-state index contributed by atoms with van der Waals surface area (Å²) in [5, 5.41) is 2.91. The summed E-state index contributed by atoms with van der Waals surface area (Å²) in [4.78, 5) is 29.2. The van der Waals surface area contributed by atoms with Crippen LogP contribution < -0.4 is 10.1 Å². The molecule has 1 unspecified atom stereocenters. The molecule has 3 rings (SSSR count). The summed E-state index contributed by atoms with van der Waals surface area (Å²) in [7, 11) is 1.66. The van der Waals surface area contributed by atoms with Gasteiger partial charge < -0.3 is 15.0 Å². The predicted octanol–water partition coefficient (Wildman–Crippen LogP) is 2.16. The van der Waals surface area contributed by atoms with Crippen LogP contribution in [0.4, 0.5) is 0 Å². The van der Waals surface area contributed by atoms with Gasteiger partial charge in [0.2, 0.25) is 11.8 Å². The first kappa shape index (κ1) is 20.4. The first-order chi connectivity index (χ1) is 13.6. The molecule has 0 spiro atoms. The van der Waals surface area contributed by atoms with Crippen LogP contribution in [0.2, 0.25) is 0 Å². The minimum absolute atomic E-state index is 0.0457. The molecule has 0 aromatic heterocycles. The Hall–Kier alpha value is -2.34. The Morgan fingerprint density at radius 2 is 2.00 bits per heavy atom. The van der Waals surface area contributed by atoms with Crippen LogP contribution in [0.3, 0.4) is 0 Å². The van der Waals surface area contributed by atoms with Gasteiger partial charge in [-0.05, 0) is 24.8 Å². The van der Waals surface area contributed by atoms with Crippen LogP contribution in [0, 0.1) is 5.92 Å². The highest BCUT2D eigenvalue weighted by molar-refractivity contribution is 5.89. The zero-order valence-electron chi connectivity index (χ0n) is 16.9. The number of nitrogens with one attached hydrogen (secondary N) is 1. The molecule has 1 aromatic rings. The van der Waals surface area contributed by atoms with Gasteiger partial charge in [0, 0.05) is 38.3 Å². The fourth-order valence-corrected chi connectivity index (χ4v) is 3.87. The molecule has 0 saturated carbocycles. The van der Waals surface area contributed by atoms with Crippen molar-refractivity contribution in [3.63, 3.8) is 0 Å². The van der Waals surface area contributed by atoms with E-state index in [2.05, 4.69) is 17.1 Å². The highest BCUT2D eigenvalue weighted by Crippen LogP contribution is 2.20. The summed E-state index contributed by atoms with van der Waals surface area (Å²) < 4.78 is 5.37. The number of piperidine rings is 1. The third kappa shape index (κ3) is 5.13. The van der Waals surface area contributed by atoms with Gasteiger partial charge in [0.1, 0.15) is 5.75 Å². The second kappa shape index (κ2) is 9.73. The quantitative estimate of drug-likeness (QED) is 0.815. The van der Waals surface area contributed by atoms with Crippen LogP contribution in [0.25, 0.3) is 6.08 Å². The number of hydrogen-bond acceptors (Lipinski definition) is 4. The average Bonchev–Trinajstić information content (AvgIpc) is 2.71. The van der Waals surface area contributed by atoms with Crippen LogP contribution in [0.15, 0.2) is 30.3 Å². The Labute approximate surface area is 167 Å². The van der Waals surface area contributed by atoms with Gasteiger partial charge in [-0.2, -0.15) is 0 Å². The molecule has 1 aromatic carbocycles. The number of piperazine rings is 1. The Balaban J connectivity index is 1.61. The third-order valence-electron chi connectivity index (χ3n) is 5.72. The fourth-order valence-electron chi connectivity index (χ4n) is 3.87. The van der Waals surface area contributed by atoms with E-state index < -0.39 is 6.04 Å². The summed E-state index contributed by atoms with van der Waals surface area (Å²) in [6, 6.07) is 7.43. The van der Waals surface area contributed by atoms with E-state index in [1.54, 1.807) is 7.11 Å². The van der Waals surface area contributed by atoms with E-state index in [1.807, 2.05) is 41.3 Å². The van der Waals surface area contributed by atoms with Gasteiger partial charge in [-0.3, -0.25) is 14.5 Å². The maximum atomic E-state index is 12.7. The molecule has 152 valence electrons. The van der Waals surface area contributed by atoms with Crippen LogP contribution >= 0.6 is 0 Å². The number of amides is 2. The Morgan fingerprint density at radius 3 is 2.75 bits per heavy atom. The molecular weight excluding hydrogens is 354 g/mol. The number of methoxy groups -OCH3 is 1. The molecule has 6 heteroatoms. The van der Waals surface area contributed by atoms with Crippen LogP contribution in [0.1, 0.15) is 31.7 Å². The molecule has 2 saturated heterocycles.